The third-order valence-electron chi connectivity index (χ3n) is 3.40. The molecular formula is C12H14N2S. The summed E-state index contributed by atoms with van der Waals surface area (Å²) in [4.78, 5) is 3.32. The lowest BCUT2D eigenvalue weighted by Gasteiger charge is -2.27. The smallest absolute Gasteiger partial charge is 0.178 e. The average molecular weight is 218 g/mol. The van der Waals surface area contributed by atoms with Crippen LogP contribution in [0.2, 0.25) is 0 Å². The van der Waals surface area contributed by atoms with Gasteiger partial charge in [0, 0.05) is 6.04 Å². The molecule has 2 aromatic rings. The minimum atomic E-state index is 0.632. The highest BCUT2D eigenvalue weighted by atomic mass is 32.1. The number of benzene rings is 1. The van der Waals surface area contributed by atoms with Gasteiger partial charge in [0.25, 0.3) is 0 Å². The summed E-state index contributed by atoms with van der Waals surface area (Å²) in [6, 6.07) is 7.02. The molecule has 0 spiro atoms. The third kappa shape index (κ3) is 1.26. The molecule has 0 aliphatic heterocycles. The summed E-state index contributed by atoms with van der Waals surface area (Å²) < 4.78 is 3.17. The molecule has 0 unspecified atom stereocenters. The molecule has 78 valence electrons. The van der Waals surface area contributed by atoms with Gasteiger partial charge < -0.3 is 9.55 Å². The Kier molecular flexibility index (Phi) is 1.96. The Labute approximate surface area is 93.9 Å². The topological polar surface area (TPSA) is 20.7 Å². The van der Waals surface area contributed by atoms with E-state index < -0.39 is 0 Å². The summed E-state index contributed by atoms with van der Waals surface area (Å²) in [6.45, 7) is 2.12. The van der Waals surface area contributed by atoms with Gasteiger partial charge in [-0.15, -0.1) is 0 Å². The highest BCUT2D eigenvalue weighted by molar-refractivity contribution is 7.71. The summed E-state index contributed by atoms with van der Waals surface area (Å²) in [5, 5.41) is 0. The van der Waals surface area contributed by atoms with E-state index in [1.807, 2.05) is 0 Å². The number of nitrogens with one attached hydrogen (secondary N) is 1. The first-order valence-electron chi connectivity index (χ1n) is 5.47. The number of hydrogen-bond donors (Lipinski definition) is 1. The highest BCUT2D eigenvalue weighted by Crippen LogP contribution is 2.34. The molecule has 1 saturated carbocycles. The number of fused-ring (bicyclic) bond motifs is 1. The first-order chi connectivity index (χ1) is 7.27. The summed E-state index contributed by atoms with van der Waals surface area (Å²) in [6.07, 6.45) is 3.88. The Morgan fingerprint density at radius 3 is 2.87 bits per heavy atom. The van der Waals surface area contributed by atoms with Crippen molar-refractivity contribution in [3.05, 3.63) is 28.5 Å². The van der Waals surface area contributed by atoms with Crippen LogP contribution in [0.3, 0.4) is 0 Å². The zero-order valence-corrected chi connectivity index (χ0v) is 9.60. The number of rotatable bonds is 1. The Morgan fingerprint density at radius 1 is 1.40 bits per heavy atom. The van der Waals surface area contributed by atoms with Crippen LogP contribution in [-0.4, -0.2) is 9.55 Å². The molecular weight excluding hydrogens is 204 g/mol. The highest BCUT2D eigenvalue weighted by Gasteiger charge is 2.22. The number of aromatic nitrogens is 2. The summed E-state index contributed by atoms with van der Waals surface area (Å²) >= 11 is 5.40. The van der Waals surface area contributed by atoms with Gasteiger partial charge in [-0.3, -0.25) is 0 Å². The first-order valence-corrected chi connectivity index (χ1v) is 5.88. The molecule has 0 bridgehead atoms. The second kappa shape index (κ2) is 3.20. The molecule has 1 aromatic carbocycles. The van der Waals surface area contributed by atoms with Crippen LogP contribution >= 0.6 is 12.2 Å². The molecule has 1 heterocycles. The van der Waals surface area contributed by atoms with E-state index >= 15 is 0 Å². The van der Waals surface area contributed by atoms with E-state index in [2.05, 4.69) is 34.7 Å². The first kappa shape index (κ1) is 9.16. The Hall–Kier alpha value is -1.09. The lowest BCUT2D eigenvalue weighted by atomic mass is 9.93. The van der Waals surface area contributed by atoms with Gasteiger partial charge in [-0.25, -0.2) is 0 Å². The molecule has 1 aromatic heterocycles. The van der Waals surface area contributed by atoms with Crippen molar-refractivity contribution in [2.45, 2.75) is 32.2 Å². The standard InChI is InChI=1S/C12H14N2S/c1-8-4-2-7-10-11(8)13-12(15)14(10)9-5-3-6-9/h2,4,7,9H,3,5-6H2,1H3,(H,13,15). The lowest BCUT2D eigenvalue weighted by molar-refractivity contribution is 0.318. The van der Waals surface area contributed by atoms with Crippen LogP contribution < -0.4 is 0 Å². The van der Waals surface area contributed by atoms with Crippen molar-refractivity contribution in [2.24, 2.45) is 0 Å². The monoisotopic (exact) mass is 218 g/mol. The number of H-pyrrole nitrogens is 1. The van der Waals surface area contributed by atoms with Gasteiger partial charge in [0.1, 0.15) is 0 Å². The van der Waals surface area contributed by atoms with Crippen LogP contribution in [0.4, 0.5) is 0 Å². The second-order valence-corrected chi connectivity index (χ2v) is 4.74. The maximum absolute atomic E-state index is 5.40. The predicted molar refractivity (Wildman–Crippen MR) is 64.7 cm³/mol. The van der Waals surface area contributed by atoms with Crippen molar-refractivity contribution in [3.63, 3.8) is 0 Å². The fourth-order valence-corrected chi connectivity index (χ4v) is 2.65. The number of nitrogens with zero attached hydrogens (tertiary/aromatic N) is 1. The van der Waals surface area contributed by atoms with Crippen LogP contribution in [-0.2, 0) is 0 Å². The lowest BCUT2D eigenvalue weighted by Crippen LogP contribution is -2.16. The molecule has 0 atom stereocenters. The van der Waals surface area contributed by atoms with Gasteiger partial charge in [0.2, 0.25) is 0 Å². The van der Waals surface area contributed by atoms with Gasteiger partial charge >= 0.3 is 0 Å². The second-order valence-electron chi connectivity index (χ2n) is 4.35. The van der Waals surface area contributed by atoms with Crippen molar-refractivity contribution in [3.8, 4) is 0 Å². The van der Waals surface area contributed by atoms with E-state index in [0.717, 1.165) is 4.77 Å². The fraction of sp³-hybridized carbons (Fsp3) is 0.417. The molecule has 0 saturated heterocycles. The average Bonchev–Trinajstić information content (AvgIpc) is 2.44. The van der Waals surface area contributed by atoms with Crippen LogP contribution in [0.5, 0.6) is 0 Å². The Bertz CT molecular complexity index is 560. The van der Waals surface area contributed by atoms with Crippen LogP contribution in [0.25, 0.3) is 11.0 Å². The maximum Gasteiger partial charge on any atom is 0.178 e. The van der Waals surface area contributed by atoms with Gasteiger partial charge in [-0.05, 0) is 50.0 Å². The van der Waals surface area contributed by atoms with E-state index in [1.54, 1.807) is 0 Å². The minimum absolute atomic E-state index is 0.632. The molecule has 15 heavy (non-hydrogen) atoms. The molecule has 0 radical (unpaired) electrons. The van der Waals surface area contributed by atoms with Gasteiger partial charge in [0.15, 0.2) is 4.77 Å². The molecule has 2 nitrogen and oxygen atoms in total. The summed E-state index contributed by atoms with van der Waals surface area (Å²) in [5.41, 5.74) is 3.75. The number of imidazole rings is 1. The zero-order chi connectivity index (χ0) is 10.4. The van der Waals surface area contributed by atoms with Crippen molar-refractivity contribution < 1.29 is 0 Å². The van der Waals surface area contributed by atoms with Crippen LogP contribution in [0, 0.1) is 11.7 Å². The van der Waals surface area contributed by atoms with Crippen LogP contribution in [0.1, 0.15) is 30.9 Å². The van der Waals surface area contributed by atoms with Gasteiger partial charge in [-0.2, -0.15) is 0 Å². The van der Waals surface area contributed by atoms with E-state index in [-0.39, 0.29) is 0 Å². The summed E-state index contributed by atoms with van der Waals surface area (Å²) in [7, 11) is 0. The SMILES string of the molecule is Cc1cccc2c1[nH]c(=S)n2C1CCC1. The molecule has 1 N–H and O–H groups in total. The summed E-state index contributed by atoms with van der Waals surface area (Å²) in [5.74, 6) is 0. The minimum Gasteiger partial charge on any atom is -0.330 e. The van der Waals surface area contributed by atoms with E-state index in [4.69, 9.17) is 12.2 Å². The normalized spacial score (nSPS) is 16.9. The largest absolute Gasteiger partial charge is 0.330 e. The molecule has 1 fully saturated rings. The van der Waals surface area contributed by atoms with Gasteiger partial charge in [-0.1, -0.05) is 12.1 Å². The molecule has 1 aliphatic carbocycles. The van der Waals surface area contributed by atoms with Crippen LogP contribution in [0.15, 0.2) is 18.2 Å². The molecule has 3 heteroatoms. The Balaban J connectivity index is 2.32. The molecule has 1 aliphatic rings. The number of hydrogen-bond acceptors (Lipinski definition) is 1. The van der Waals surface area contributed by atoms with E-state index in [9.17, 15) is 0 Å². The van der Waals surface area contributed by atoms with E-state index in [0.29, 0.717) is 6.04 Å². The molecule has 0 amide bonds. The number of aromatic amines is 1. The van der Waals surface area contributed by atoms with Crippen molar-refractivity contribution in [1.29, 1.82) is 0 Å². The maximum atomic E-state index is 5.40. The third-order valence-corrected chi connectivity index (χ3v) is 3.70. The van der Waals surface area contributed by atoms with Crippen molar-refractivity contribution in [2.75, 3.05) is 0 Å². The molecule has 3 rings (SSSR count). The Morgan fingerprint density at radius 2 is 2.20 bits per heavy atom. The fourth-order valence-electron chi connectivity index (χ4n) is 2.30. The quantitative estimate of drug-likeness (QED) is 0.723. The van der Waals surface area contributed by atoms with Crippen molar-refractivity contribution in [1.82, 2.24) is 9.55 Å². The van der Waals surface area contributed by atoms with Gasteiger partial charge in [0.05, 0.1) is 11.0 Å². The van der Waals surface area contributed by atoms with E-state index in [1.165, 1.54) is 35.9 Å². The predicted octanol–water partition coefficient (Wildman–Crippen LogP) is 3.73. The zero-order valence-electron chi connectivity index (χ0n) is 8.79. The van der Waals surface area contributed by atoms with Crippen molar-refractivity contribution >= 4 is 23.3 Å². The number of aryl methyl sites for hydroxylation is 1. The number of para-hydroxylation sites is 1.